The lowest BCUT2D eigenvalue weighted by Gasteiger charge is -2.09. The molecule has 0 saturated heterocycles. The average Bonchev–Trinajstić information content (AvgIpc) is 2.52. The van der Waals surface area contributed by atoms with Crippen LogP contribution in [0.25, 0.3) is 0 Å². The Morgan fingerprint density at radius 2 is 2.21 bits per heavy atom. The fourth-order valence-corrected chi connectivity index (χ4v) is 1.11. The van der Waals surface area contributed by atoms with Crippen LogP contribution in [0.2, 0.25) is 0 Å². The molecule has 0 aromatic carbocycles. The number of aryl methyl sites for hydroxylation is 1. The van der Waals surface area contributed by atoms with E-state index in [0.717, 1.165) is 16.9 Å². The Morgan fingerprint density at radius 3 is 2.79 bits per heavy atom. The van der Waals surface area contributed by atoms with Gasteiger partial charge in [0.1, 0.15) is 5.69 Å². The highest BCUT2D eigenvalue weighted by molar-refractivity contribution is 5.04. The molecule has 0 saturated carbocycles. The SMILES string of the molecule is COCCCn1nccc1C(F)(F)F. The van der Waals surface area contributed by atoms with E-state index in [1.54, 1.807) is 0 Å². The molecule has 1 aromatic rings. The van der Waals surface area contributed by atoms with Crippen molar-refractivity contribution in [3.8, 4) is 0 Å². The van der Waals surface area contributed by atoms with Crippen LogP contribution in [0, 0.1) is 0 Å². The molecule has 80 valence electrons. The van der Waals surface area contributed by atoms with Crippen molar-refractivity contribution in [2.24, 2.45) is 0 Å². The van der Waals surface area contributed by atoms with Crippen molar-refractivity contribution < 1.29 is 17.9 Å². The molecule has 0 unspecified atom stereocenters. The fraction of sp³-hybridized carbons (Fsp3) is 0.625. The Balaban J connectivity index is 2.63. The second kappa shape index (κ2) is 4.45. The molecule has 1 aromatic heterocycles. The maximum absolute atomic E-state index is 12.3. The molecule has 1 rings (SSSR count). The van der Waals surface area contributed by atoms with Crippen LogP contribution in [0.3, 0.4) is 0 Å². The topological polar surface area (TPSA) is 27.1 Å². The summed E-state index contributed by atoms with van der Waals surface area (Å²) in [6, 6.07) is 0.965. The summed E-state index contributed by atoms with van der Waals surface area (Å²) in [6.45, 7) is 0.646. The third kappa shape index (κ3) is 2.73. The second-order valence-electron chi connectivity index (χ2n) is 2.78. The summed E-state index contributed by atoms with van der Waals surface area (Å²) < 4.78 is 42.6. The van der Waals surface area contributed by atoms with Gasteiger partial charge in [0, 0.05) is 26.5 Å². The number of methoxy groups -OCH3 is 1. The molecular weight excluding hydrogens is 197 g/mol. The highest BCUT2D eigenvalue weighted by atomic mass is 19.4. The van der Waals surface area contributed by atoms with Crippen LogP contribution in [0.1, 0.15) is 12.1 Å². The number of rotatable bonds is 4. The normalized spacial score (nSPS) is 12.0. The van der Waals surface area contributed by atoms with E-state index in [2.05, 4.69) is 5.10 Å². The Morgan fingerprint density at radius 1 is 1.50 bits per heavy atom. The Labute approximate surface area is 79.5 Å². The van der Waals surface area contributed by atoms with Gasteiger partial charge in [-0.3, -0.25) is 4.68 Å². The zero-order valence-electron chi connectivity index (χ0n) is 7.71. The summed E-state index contributed by atoms with van der Waals surface area (Å²) in [5.41, 5.74) is -0.714. The summed E-state index contributed by atoms with van der Waals surface area (Å²) in [4.78, 5) is 0. The Hall–Kier alpha value is -1.04. The van der Waals surface area contributed by atoms with Crippen LogP contribution < -0.4 is 0 Å². The average molecular weight is 208 g/mol. The van der Waals surface area contributed by atoms with Gasteiger partial charge in [0.15, 0.2) is 0 Å². The van der Waals surface area contributed by atoms with Crippen LogP contribution in [0.5, 0.6) is 0 Å². The highest BCUT2D eigenvalue weighted by Crippen LogP contribution is 2.28. The van der Waals surface area contributed by atoms with Crippen molar-refractivity contribution in [2.75, 3.05) is 13.7 Å². The van der Waals surface area contributed by atoms with Crippen LogP contribution in [0.4, 0.5) is 13.2 Å². The van der Waals surface area contributed by atoms with Gasteiger partial charge in [-0.25, -0.2) is 0 Å². The van der Waals surface area contributed by atoms with Crippen LogP contribution in [0.15, 0.2) is 12.3 Å². The first-order valence-corrected chi connectivity index (χ1v) is 4.13. The van der Waals surface area contributed by atoms with E-state index in [1.807, 2.05) is 0 Å². The fourth-order valence-electron chi connectivity index (χ4n) is 1.11. The quantitative estimate of drug-likeness (QED) is 0.707. The number of alkyl halides is 3. The predicted octanol–water partition coefficient (Wildman–Crippen LogP) is 1.94. The van der Waals surface area contributed by atoms with E-state index in [-0.39, 0.29) is 6.54 Å². The van der Waals surface area contributed by atoms with Gasteiger partial charge in [-0.05, 0) is 12.5 Å². The molecule has 1 heterocycles. The van der Waals surface area contributed by atoms with Crippen LogP contribution in [-0.2, 0) is 17.5 Å². The van der Waals surface area contributed by atoms with Gasteiger partial charge >= 0.3 is 6.18 Å². The number of hydrogen-bond donors (Lipinski definition) is 0. The predicted molar refractivity (Wildman–Crippen MR) is 43.7 cm³/mol. The minimum absolute atomic E-state index is 0.218. The van der Waals surface area contributed by atoms with Crippen molar-refractivity contribution in [3.63, 3.8) is 0 Å². The van der Waals surface area contributed by atoms with Gasteiger partial charge in [-0.1, -0.05) is 0 Å². The first-order valence-electron chi connectivity index (χ1n) is 4.13. The minimum Gasteiger partial charge on any atom is -0.385 e. The number of hydrogen-bond acceptors (Lipinski definition) is 2. The molecular formula is C8H11F3N2O. The van der Waals surface area contributed by atoms with Crippen molar-refractivity contribution in [3.05, 3.63) is 18.0 Å². The number of nitrogens with zero attached hydrogens (tertiary/aromatic N) is 2. The molecule has 0 aliphatic heterocycles. The van der Waals surface area contributed by atoms with E-state index in [9.17, 15) is 13.2 Å². The molecule has 0 atom stereocenters. The minimum atomic E-state index is -4.33. The van der Waals surface area contributed by atoms with Gasteiger partial charge in [-0.2, -0.15) is 18.3 Å². The van der Waals surface area contributed by atoms with Crippen LogP contribution in [-0.4, -0.2) is 23.5 Å². The summed E-state index contributed by atoms with van der Waals surface area (Å²) in [6.07, 6.45) is -2.67. The Bertz CT molecular complexity index is 282. The third-order valence-corrected chi connectivity index (χ3v) is 1.73. The first-order chi connectivity index (χ1) is 6.55. The molecule has 6 heteroatoms. The van der Waals surface area contributed by atoms with Crippen molar-refractivity contribution >= 4 is 0 Å². The van der Waals surface area contributed by atoms with Gasteiger partial charge in [0.05, 0.1) is 0 Å². The van der Waals surface area contributed by atoms with E-state index < -0.39 is 11.9 Å². The third-order valence-electron chi connectivity index (χ3n) is 1.73. The van der Waals surface area contributed by atoms with Crippen molar-refractivity contribution in [2.45, 2.75) is 19.1 Å². The van der Waals surface area contributed by atoms with Gasteiger partial charge < -0.3 is 4.74 Å². The number of halogens is 3. The monoisotopic (exact) mass is 208 g/mol. The summed E-state index contributed by atoms with van der Waals surface area (Å²) in [5, 5.41) is 3.60. The molecule has 0 radical (unpaired) electrons. The molecule has 0 aliphatic carbocycles. The number of aromatic nitrogens is 2. The zero-order valence-corrected chi connectivity index (χ0v) is 7.71. The Kier molecular flexibility index (Phi) is 3.51. The maximum Gasteiger partial charge on any atom is 0.433 e. The second-order valence-corrected chi connectivity index (χ2v) is 2.78. The molecule has 0 N–H and O–H groups in total. The van der Waals surface area contributed by atoms with E-state index >= 15 is 0 Å². The molecule has 0 bridgehead atoms. The lowest BCUT2D eigenvalue weighted by atomic mass is 10.4. The highest BCUT2D eigenvalue weighted by Gasteiger charge is 2.34. The maximum atomic E-state index is 12.3. The van der Waals surface area contributed by atoms with E-state index in [4.69, 9.17) is 4.74 Å². The first kappa shape index (κ1) is 11.0. The largest absolute Gasteiger partial charge is 0.433 e. The molecule has 0 amide bonds. The van der Waals surface area contributed by atoms with Gasteiger partial charge in [-0.15, -0.1) is 0 Å². The van der Waals surface area contributed by atoms with Crippen molar-refractivity contribution in [1.82, 2.24) is 9.78 Å². The summed E-state index contributed by atoms with van der Waals surface area (Å²) in [5.74, 6) is 0. The lowest BCUT2D eigenvalue weighted by molar-refractivity contribution is -0.144. The number of ether oxygens (including phenoxy) is 1. The molecule has 0 spiro atoms. The standard InChI is InChI=1S/C8H11F3N2O/c1-14-6-2-5-13-7(3-4-12-13)8(9,10)11/h3-4H,2,5-6H2,1H3. The molecule has 14 heavy (non-hydrogen) atoms. The lowest BCUT2D eigenvalue weighted by Crippen LogP contribution is -2.15. The summed E-state index contributed by atoms with van der Waals surface area (Å²) in [7, 11) is 1.51. The smallest absolute Gasteiger partial charge is 0.385 e. The zero-order chi connectivity index (χ0) is 10.6. The van der Waals surface area contributed by atoms with Crippen LogP contribution >= 0.6 is 0 Å². The molecule has 3 nitrogen and oxygen atoms in total. The van der Waals surface area contributed by atoms with E-state index in [1.165, 1.54) is 7.11 Å². The molecule has 0 fully saturated rings. The summed E-state index contributed by atoms with van der Waals surface area (Å²) >= 11 is 0. The van der Waals surface area contributed by atoms with Crippen molar-refractivity contribution in [1.29, 1.82) is 0 Å². The van der Waals surface area contributed by atoms with Gasteiger partial charge in [0.2, 0.25) is 0 Å². The van der Waals surface area contributed by atoms with E-state index in [0.29, 0.717) is 13.0 Å². The van der Waals surface area contributed by atoms with Gasteiger partial charge in [0.25, 0.3) is 0 Å². The molecule has 0 aliphatic rings.